The third-order valence-electron chi connectivity index (χ3n) is 5.45. The summed E-state index contributed by atoms with van der Waals surface area (Å²) in [6.45, 7) is 7.40. The highest BCUT2D eigenvalue weighted by Gasteiger charge is 2.53. The Kier molecular flexibility index (Phi) is 4.90. The summed E-state index contributed by atoms with van der Waals surface area (Å²) in [6.07, 6.45) is 5.27. The minimum absolute atomic E-state index is 0.204. The molecular formula is C22H27N5O2. The zero-order valence-corrected chi connectivity index (χ0v) is 17.3. The first-order valence-corrected chi connectivity index (χ1v) is 10.0. The van der Waals surface area contributed by atoms with E-state index in [4.69, 9.17) is 4.99 Å². The van der Waals surface area contributed by atoms with E-state index in [1.165, 1.54) is 4.90 Å². The molecule has 0 aromatic heterocycles. The maximum absolute atomic E-state index is 13.3. The van der Waals surface area contributed by atoms with Gasteiger partial charge in [0.15, 0.2) is 12.2 Å². The molecule has 1 fully saturated rings. The lowest BCUT2D eigenvalue weighted by molar-refractivity contribution is -0.136. The van der Waals surface area contributed by atoms with E-state index in [1.807, 2.05) is 60.5 Å². The van der Waals surface area contributed by atoms with Gasteiger partial charge in [-0.3, -0.25) is 9.69 Å². The largest absolute Gasteiger partial charge is 0.328 e. The van der Waals surface area contributed by atoms with Crippen LogP contribution in [0, 0.1) is 5.92 Å². The molecule has 3 amide bonds. The maximum Gasteiger partial charge on any atom is 0.328 e. The average molecular weight is 393 g/mol. The Balaban J connectivity index is 1.55. The number of allylic oxidation sites excluding steroid dienone is 1. The molecule has 1 aromatic carbocycles. The Hall–Kier alpha value is -3.09. The van der Waals surface area contributed by atoms with E-state index in [0.717, 1.165) is 23.8 Å². The molecule has 1 aromatic rings. The molecule has 0 spiro atoms. The predicted octanol–water partition coefficient (Wildman–Crippen LogP) is 2.79. The van der Waals surface area contributed by atoms with Crippen molar-refractivity contribution in [2.24, 2.45) is 10.9 Å². The van der Waals surface area contributed by atoms with Crippen LogP contribution in [0.1, 0.15) is 26.3 Å². The minimum Gasteiger partial charge on any atom is -0.315 e. The van der Waals surface area contributed by atoms with Crippen LogP contribution in [0.4, 0.5) is 4.79 Å². The predicted molar refractivity (Wildman–Crippen MR) is 112 cm³/mol. The molecule has 2 atom stereocenters. The van der Waals surface area contributed by atoms with Crippen LogP contribution in [-0.2, 0) is 4.79 Å². The van der Waals surface area contributed by atoms with Crippen LogP contribution >= 0.6 is 0 Å². The van der Waals surface area contributed by atoms with Gasteiger partial charge >= 0.3 is 6.03 Å². The Morgan fingerprint density at radius 1 is 1.14 bits per heavy atom. The van der Waals surface area contributed by atoms with Gasteiger partial charge in [-0.25, -0.2) is 9.79 Å². The van der Waals surface area contributed by atoms with E-state index in [0.29, 0.717) is 5.92 Å². The van der Waals surface area contributed by atoms with E-state index < -0.39 is 12.2 Å². The molecule has 0 radical (unpaired) electrons. The number of hydrogen-bond acceptors (Lipinski definition) is 5. The molecule has 4 rings (SSSR count). The van der Waals surface area contributed by atoms with E-state index in [-0.39, 0.29) is 18.5 Å². The first kappa shape index (κ1) is 19.2. The third kappa shape index (κ3) is 3.30. The fraction of sp³-hybridized carbons (Fsp3) is 0.409. The second-order valence-electron chi connectivity index (χ2n) is 8.13. The second kappa shape index (κ2) is 7.39. The summed E-state index contributed by atoms with van der Waals surface area (Å²) in [5.41, 5.74) is 2.10. The number of imide groups is 1. The standard InChI is InChI=1S/C22H27N5O2/c1-15(2)13-26-16(3)14-27-18-19(23-21(26)27)24(4)22(29)25(20(18)28)12-8-11-17-9-6-5-7-10-17/h5-11,14-15,18-19H,12-13H2,1-4H3/b11-8+. The summed E-state index contributed by atoms with van der Waals surface area (Å²) in [5, 5.41) is 0. The maximum atomic E-state index is 13.3. The molecule has 1 saturated heterocycles. The molecular weight excluding hydrogens is 366 g/mol. The number of benzene rings is 1. The zero-order chi connectivity index (χ0) is 20.7. The van der Waals surface area contributed by atoms with Crippen molar-refractivity contribution >= 4 is 24.0 Å². The summed E-state index contributed by atoms with van der Waals surface area (Å²) < 4.78 is 0. The molecule has 3 aliphatic rings. The summed E-state index contributed by atoms with van der Waals surface area (Å²) in [4.78, 5) is 37.8. The normalized spacial score (nSPS) is 23.9. The average Bonchev–Trinajstić information content (AvgIpc) is 3.20. The van der Waals surface area contributed by atoms with Crippen molar-refractivity contribution < 1.29 is 9.59 Å². The van der Waals surface area contributed by atoms with Gasteiger partial charge in [-0.05, 0) is 18.4 Å². The van der Waals surface area contributed by atoms with Crippen LogP contribution < -0.4 is 0 Å². The van der Waals surface area contributed by atoms with Crippen LogP contribution in [0.25, 0.3) is 6.08 Å². The number of likely N-dealkylation sites (N-methyl/N-ethyl adjacent to an activating group) is 1. The van der Waals surface area contributed by atoms with Crippen molar-refractivity contribution in [1.29, 1.82) is 0 Å². The first-order valence-electron chi connectivity index (χ1n) is 10.0. The van der Waals surface area contributed by atoms with Gasteiger partial charge in [0.1, 0.15) is 0 Å². The van der Waals surface area contributed by atoms with Gasteiger partial charge in [-0.1, -0.05) is 56.3 Å². The van der Waals surface area contributed by atoms with Crippen LogP contribution in [0.5, 0.6) is 0 Å². The van der Waals surface area contributed by atoms with E-state index in [9.17, 15) is 9.59 Å². The molecule has 3 heterocycles. The summed E-state index contributed by atoms with van der Waals surface area (Å²) in [7, 11) is 1.72. The highest BCUT2D eigenvalue weighted by molar-refractivity contribution is 6.05. The molecule has 0 aliphatic carbocycles. The Bertz CT molecular complexity index is 905. The number of amides is 3. The highest BCUT2D eigenvalue weighted by Crippen LogP contribution is 2.34. The monoisotopic (exact) mass is 393 g/mol. The lowest BCUT2D eigenvalue weighted by Gasteiger charge is -2.39. The molecule has 0 bridgehead atoms. The topological polar surface area (TPSA) is 59.5 Å². The van der Waals surface area contributed by atoms with Gasteiger partial charge in [-0.2, -0.15) is 0 Å². The number of carbonyl (C=O) groups excluding carboxylic acids is 2. The fourth-order valence-corrected chi connectivity index (χ4v) is 4.02. The number of aliphatic imine (C=N–C) groups is 1. The van der Waals surface area contributed by atoms with Crippen molar-refractivity contribution in [3.05, 3.63) is 53.9 Å². The molecule has 0 saturated carbocycles. The summed E-state index contributed by atoms with van der Waals surface area (Å²) in [6, 6.07) is 9.01. The molecule has 7 nitrogen and oxygen atoms in total. The molecule has 0 N–H and O–H groups in total. The number of hydrogen-bond donors (Lipinski definition) is 0. The Labute approximate surface area is 171 Å². The number of guanidine groups is 1. The van der Waals surface area contributed by atoms with Crippen LogP contribution in [0.2, 0.25) is 0 Å². The molecule has 7 heteroatoms. The molecule has 2 unspecified atom stereocenters. The van der Waals surface area contributed by atoms with Crippen molar-refractivity contribution in [2.45, 2.75) is 33.0 Å². The van der Waals surface area contributed by atoms with Gasteiger partial charge in [-0.15, -0.1) is 0 Å². The van der Waals surface area contributed by atoms with E-state index >= 15 is 0 Å². The number of urea groups is 1. The quantitative estimate of drug-likeness (QED) is 0.772. The fourth-order valence-electron chi connectivity index (χ4n) is 4.02. The Morgan fingerprint density at radius 2 is 1.86 bits per heavy atom. The minimum atomic E-state index is -0.509. The van der Waals surface area contributed by atoms with Crippen molar-refractivity contribution in [3.63, 3.8) is 0 Å². The molecule has 152 valence electrons. The lowest BCUT2D eigenvalue weighted by atomic mass is 10.1. The van der Waals surface area contributed by atoms with Crippen molar-refractivity contribution in [1.82, 2.24) is 19.6 Å². The van der Waals surface area contributed by atoms with Crippen LogP contribution in [0.15, 0.2) is 53.3 Å². The molecule has 29 heavy (non-hydrogen) atoms. The van der Waals surface area contributed by atoms with Gasteiger partial charge in [0, 0.05) is 32.0 Å². The first-order chi connectivity index (χ1) is 13.9. The van der Waals surface area contributed by atoms with Gasteiger partial charge in [0.25, 0.3) is 5.91 Å². The smallest absolute Gasteiger partial charge is 0.315 e. The van der Waals surface area contributed by atoms with Gasteiger partial charge < -0.3 is 14.7 Å². The summed E-state index contributed by atoms with van der Waals surface area (Å²) in [5.74, 6) is 1.02. The summed E-state index contributed by atoms with van der Waals surface area (Å²) >= 11 is 0. The Morgan fingerprint density at radius 3 is 2.55 bits per heavy atom. The number of rotatable bonds is 5. The zero-order valence-electron chi connectivity index (χ0n) is 17.3. The number of fused-ring (bicyclic) bond motifs is 3. The van der Waals surface area contributed by atoms with Crippen LogP contribution in [0.3, 0.4) is 0 Å². The number of carbonyl (C=O) groups is 2. The lowest BCUT2D eigenvalue weighted by Crippen LogP contribution is -2.64. The van der Waals surface area contributed by atoms with Crippen molar-refractivity contribution in [3.8, 4) is 0 Å². The highest BCUT2D eigenvalue weighted by atomic mass is 16.2. The number of nitrogens with zero attached hydrogens (tertiary/aromatic N) is 5. The molecule has 3 aliphatic heterocycles. The van der Waals surface area contributed by atoms with Gasteiger partial charge in [0.05, 0.1) is 0 Å². The SMILES string of the molecule is CC1=CN2C(=NC3C2C(=O)N(C/C=C/c2ccccc2)C(=O)N3C)N1CC(C)C. The van der Waals surface area contributed by atoms with Crippen LogP contribution in [-0.4, -0.2) is 69.8 Å². The van der Waals surface area contributed by atoms with Crippen molar-refractivity contribution in [2.75, 3.05) is 20.1 Å². The van der Waals surface area contributed by atoms with E-state index in [2.05, 4.69) is 18.7 Å². The second-order valence-corrected chi connectivity index (χ2v) is 8.13. The van der Waals surface area contributed by atoms with E-state index in [1.54, 1.807) is 11.9 Å². The van der Waals surface area contributed by atoms with Gasteiger partial charge in [0.2, 0.25) is 5.96 Å². The third-order valence-corrected chi connectivity index (χ3v) is 5.45.